The van der Waals surface area contributed by atoms with Crippen LogP contribution < -0.4 is 14.8 Å². The van der Waals surface area contributed by atoms with Crippen LogP contribution in [0.2, 0.25) is 0 Å². The van der Waals surface area contributed by atoms with Gasteiger partial charge in [-0.25, -0.2) is 0 Å². The molecule has 0 atom stereocenters. The van der Waals surface area contributed by atoms with Gasteiger partial charge in [0.15, 0.2) is 6.61 Å². The number of benzene rings is 2. The van der Waals surface area contributed by atoms with Crippen molar-refractivity contribution < 1.29 is 14.3 Å². The van der Waals surface area contributed by atoms with E-state index in [0.717, 1.165) is 29.9 Å². The lowest BCUT2D eigenvalue weighted by Gasteiger charge is -2.13. The molecule has 0 aliphatic carbocycles. The van der Waals surface area contributed by atoms with Gasteiger partial charge >= 0.3 is 0 Å². The second-order valence-electron chi connectivity index (χ2n) is 6.51. The maximum Gasteiger partial charge on any atom is 0.257 e. The molecule has 0 heterocycles. The van der Waals surface area contributed by atoms with Crippen LogP contribution >= 0.6 is 0 Å². The van der Waals surface area contributed by atoms with E-state index in [1.165, 1.54) is 5.56 Å². The molecule has 26 heavy (non-hydrogen) atoms. The summed E-state index contributed by atoms with van der Waals surface area (Å²) in [6, 6.07) is 16.0. The third-order valence-electron chi connectivity index (χ3n) is 4.10. The Labute approximate surface area is 156 Å². The first-order chi connectivity index (χ1) is 12.6. The van der Waals surface area contributed by atoms with Crippen molar-refractivity contribution in [3.8, 4) is 11.5 Å². The fourth-order valence-corrected chi connectivity index (χ4v) is 2.72. The molecule has 4 nitrogen and oxygen atoms in total. The fraction of sp³-hybridized carbons (Fsp3) is 0.409. The van der Waals surface area contributed by atoms with E-state index in [4.69, 9.17) is 9.47 Å². The van der Waals surface area contributed by atoms with Crippen molar-refractivity contribution in [1.29, 1.82) is 0 Å². The number of rotatable bonds is 10. The summed E-state index contributed by atoms with van der Waals surface area (Å²) in [6.07, 6.45) is 1.81. The SMILES string of the molecule is CCOc1ccc(CCCNC(=O)COc2ccccc2C(C)C)cc1. The Morgan fingerprint density at radius 1 is 1.04 bits per heavy atom. The molecule has 0 fully saturated rings. The van der Waals surface area contributed by atoms with Gasteiger partial charge in [0.05, 0.1) is 6.61 Å². The van der Waals surface area contributed by atoms with Crippen molar-refractivity contribution in [3.63, 3.8) is 0 Å². The van der Waals surface area contributed by atoms with Crippen molar-refractivity contribution in [3.05, 3.63) is 59.7 Å². The van der Waals surface area contributed by atoms with E-state index in [-0.39, 0.29) is 12.5 Å². The first-order valence-electron chi connectivity index (χ1n) is 9.30. The maximum absolute atomic E-state index is 12.0. The summed E-state index contributed by atoms with van der Waals surface area (Å²) in [5, 5.41) is 2.91. The van der Waals surface area contributed by atoms with Gasteiger partial charge in [-0.3, -0.25) is 4.79 Å². The Bertz CT molecular complexity index is 680. The third-order valence-corrected chi connectivity index (χ3v) is 4.10. The number of aryl methyl sites for hydroxylation is 1. The smallest absolute Gasteiger partial charge is 0.257 e. The zero-order chi connectivity index (χ0) is 18.8. The van der Waals surface area contributed by atoms with Crippen LogP contribution in [0.25, 0.3) is 0 Å². The van der Waals surface area contributed by atoms with Gasteiger partial charge in [0.1, 0.15) is 11.5 Å². The number of hydrogen-bond acceptors (Lipinski definition) is 3. The van der Waals surface area contributed by atoms with Crippen LogP contribution in [0.3, 0.4) is 0 Å². The predicted octanol–water partition coefficient (Wildman–Crippen LogP) is 4.34. The van der Waals surface area contributed by atoms with Gasteiger partial charge < -0.3 is 14.8 Å². The van der Waals surface area contributed by atoms with E-state index in [1.54, 1.807) is 0 Å². The second-order valence-corrected chi connectivity index (χ2v) is 6.51. The van der Waals surface area contributed by atoms with Crippen LogP contribution in [0, 0.1) is 0 Å². The third kappa shape index (κ3) is 6.43. The van der Waals surface area contributed by atoms with Crippen molar-refractivity contribution in [1.82, 2.24) is 5.32 Å². The lowest BCUT2D eigenvalue weighted by Crippen LogP contribution is -2.30. The fourth-order valence-electron chi connectivity index (χ4n) is 2.72. The lowest BCUT2D eigenvalue weighted by atomic mass is 10.0. The molecule has 1 N–H and O–H groups in total. The van der Waals surface area contributed by atoms with E-state index < -0.39 is 0 Å². The Morgan fingerprint density at radius 3 is 2.46 bits per heavy atom. The molecule has 140 valence electrons. The zero-order valence-corrected chi connectivity index (χ0v) is 16.0. The average molecular weight is 355 g/mol. The molecule has 0 bridgehead atoms. The molecular weight excluding hydrogens is 326 g/mol. The number of ether oxygens (including phenoxy) is 2. The first kappa shape index (κ1) is 19.8. The summed E-state index contributed by atoms with van der Waals surface area (Å²) < 4.78 is 11.1. The molecule has 4 heteroatoms. The first-order valence-corrected chi connectivity index (χ1v) is 9.30. The molecule has 0 unspecified atom stereocenters. The van der Waals surface area contributed by atoms with Gasteiger partial charge in [0, 0.05) is 6.54 Å². The second kappa shape index (κ2) is 10.5. The minimum atomic E-state index is -0.0877. The van der Waals surface area contributed by atoms with Gasteiger partial charge in [-0.05, 0) is 55.0 Å². The van der Waals surface area contributed by atoms with Crippen LogP contribution in [0.15, 0.2) is 48.5 Å². The Kier molecular flexibility index (Phi) is 8.00. The van der Waals surface area contributed by atoms with Crippen LogP contribution in [-0.2, 0) is 11.2 Å². The van der Waals surface area contributed by atoms with E-state index in [0.29, 0.717) is 19.1 Å². The highest BCUT2D eigenvalue weighted by atomic mass is 16.5. The standard InChI is InChI=1S/C22H29NO3/c1-4-25-19-13-11-18(12-14-19)8-7-15-23-22(24)16-26-21-10-6-5-9-20(21)17(2)3/h5-6,9-14,17H,4,7-8,15-16H2,1-3H3,(H,23,24). The molecule has 0 saturated heterocycles. The summed E-state index contributed by atoms with van der Waals surface area (Å²) >= 11 is 0. The highest BCUT2D eigenvalue weighted by Crippen LogP contribution is 2.25. The normalized spacial score (nSPS) is 10.6. The van der Waals surface area contributed by atoms with Gasteiger partial charge in [0.25, 0.3) is 5.91 Å². The topological polar surface area (TPSA) is 47.6 Å². The number of nitrogens with one attached hydrogen (secondary N) is 1. The summed E-state index contributed by atoms with van der Waals surface area (Å²) in [5.74, 6) is 1.95. The monoisotopic (exact) mass is 355 g/mol. The van der Waals surface area contributed by atoms with E-state index in [2.05, 4.69) is 31.3 Å². The summed E-state index contributed by atoms with van der Waals surface area (Å²) in [5.41, 5.74) is 2.36. The van der Waals surface area contributed by atoms with Crippen molar-refractivity contribution >= 4 is 5.91 Å². The highest BCUT2D eigenvalue weighted by Gasteiger charge is 2.08. The quantitative estimate of drug-likeness (QED) is 0.645. The van der Waals surface area contributed by atoms with Crippen molar-refractivity contribution in [2.45, 2.75) is 39.5 Å². The molecule has 0 saturated carbocycles. The van der Waals surface area contributed by atoms with E-state index in [1.807, 2.05) is 43.3 Å². The Balaban J connectivity index is 1.68. The van der Waals surface area contributed by atoms with Crippen LogP contribution in [0.5, 0.6) is 11.5 Å². The molecule has 2 rings (SSSR count). The zero-order valence-electron chi connectivity index (χ0n) is 16.0. The Hall–Kier alpha value is -2.49. The molecule has 1 amide bonds. The van der Waals surface area contributed by atoms with Crippen LogP contribution in [0.1, 0.15) is 44.2 Å². The minimum absolute atomic E-state index is 0.0484. The average Bonchev–Trinajstić information content (AvgIpc) is 2.65. The predicted molar refractivity (Wildman–Crippen MR) is 105 cm³/mol. The number of hydrogen-bond donors (Lipinski definition) is 1. The maximum atomic E-state index is 12.0. The minimum Gasteiger partial charge on any atom is -0.494 e. The number of carbonyl (C=O) groups is 1. The largest absolute Gasteiger partial charge is 0.494 e. The molecule has 0 aliphatic rings. The molecular formula is C22H29NO3. The Morgan fingerprint density at radius 2 is 1.77 bits per heavy atom. The number of carbonyl (C=O) groups excluding carboxylic acids is 1. The van der Waals surface area contributed by atoms with Gasteiger partial charge in [0.2, 0.25) is 0 Å². The molecule has 2 aromatic carbocycles. The summed E-state index contributed by atoms with van der Waals surface area (Å²) in [4.78, 5) is 12.0. The highest BCUT2D eigenvalue weighted by molar-refractivity contribution is 5.77. The van der Waals surface area contributed by atoms with Crippen LogP contribution in [-0.4, -0.2) is 25.7 Å². The van der Waals surface area contributed by atoms with Gasteiger partial charge in [-0.2, -0.15) is 0 Å². The molecule has 0 radical (unpaired) electrons. The summed E-state index contributed by atoms with van der Waals surface area (Å²) in [6.45, 7) is 7.57. The van der Waals surface area contributed by atoms with Gasteiger partial charge in [-0.15, -0.1) is 0 Å². The number of para-hydroxylation sites is 1. The molecule has 0 aliphatic heterocycles. The summed E-state index contributed by atoms with van der Waals surface area (Å²) in [7, 11) is 0. The van der Waals surface area contributed by atoms with E-state index in [9.17, 15) is 4.79 Å². The molecule has 2 aromatic rings. The van der Waals surface area contributed by atoms with Gasteiger partial charge in [-0.1, -0.05) is 44.2 Å². The molecule has 0 aromatic heterocycles. The van der Waals surface area contributed by atoms with Crippen LogP contribution in [0.4, 0.5) is 0 Å². The van der Waals surface area contributed by atoms with E-state index >= 15 is 0 Å². The van der Waals surface area contributed by atoms with Crippen molar-refractivity contribution in [2.24, 2.45) is 0 Å². The number of amides is 1. The van der Waals surface area contributed by atoms with Crippen molar-refractivity contribution in [2.75, 3.05) is 19.8 Å². The molecule has 0 spiro atoms. The lowest BCUT2D eigenvalue weighted by molar-refractivity contribution is -0.123.